The van der Waals surface area contributed by atoms with Gasteiger partial charge in [0.1, 0.15) is 11.8 Å². The lowest BCUT2D eigenvalue weighted by Crippen LogP contribution is -2.19. The Morgan fingerprint density at radius 3 is 2.86 bits per heavy atom. The van der Waals surface area contributed by atoms with Crippen molar-refractivity contribution < 1.29 is 27.2 Å². The first-order valence-corrected chi connectivity index (χ1v) is 6.63. The van der Waals surface area contributed by atoms with Gasteiger partial charge in [-0.1, -0.05) is 11.2 Å². The number of hydrogen-bond acceptors (Lipinski definition) is 6. The maximum atomic E-state index is 12.1. The molecule has 22 heavy (non-hydrogen) atoms. The van der Waals surface area contributed by atoms with E-state index in [0.29, 0.717) is 12.4 Å². The van der Waals surface area contributed by atoms with Crippen LogP contribution in [-0.4, -0.2) is 34.5 Å². The van der Waals surface area contributed by atoms with E-state index in [0.717, 1.165) is 12.8 Å². The maximum Gasteiger partial charge on any atom is 0.422 e. The van der Waals surface area contributed by atoms with Crippen LogP contribution in [0.1, 0.15) is 24.8 Å². The smallest absolute Gasteiger partial charge is 0.422 e. The second kappa shape index (κ2) is 5.91. The summed E-state index contributed by atoms with van der Waals surface area (Å²) in [6, 6.07) is 4.38. The van der Waals surface area contributed by atoms with Crippen molar-refractivity contribution >= 4 is 0 Å². The molecule has 0 unspecified atom stereocenters. The Hall–Kier alpha value is -2.16. The van der Waals surface area contributed by atoms with E-state index in [1.54, 1.807) is 6.07 Å². The molecule has 1 fully saturated rings. The summed E-state index contributed by atoms with van der Waals surface area (Å²) in [6.07, 6.45) is -2.90. The van der Waals surface area contributed by atoms with Gasteiger partial charge in [-0.2, -0.15) is 18.2 Å². The molecule has 1 aliphatic rings. The highest BCUT2D eigenvalue weighted by atomic mass is 19.4. The van der Waals surface area contributed by atoms with Gasteiger partial charge < -0.3 is 14.0 Å². The highest BCUT2D eigenvalue weighted by Crippen LogP contribution is 2.28. The molecule has 6 nitrogen and oxygen atoms in total. The second-order valence-electron chi connectivity index (χ2n) is 4.72. The molecular formula is C13H12F3N3O3. The van der Waals surface area contributed by atoms with Crippen LogP contribution in [0.4, 0.5) is 13.2 Å². The molecule has 0 saturated carbocycles. The lowest BCUT2D eigenvalue weighted by atomic mass is 10.2. The van der Waals surface area contributed by atoms with Crippen LogP contribution in [0.25, 0.3) is 11.6 Å². The van der Waals surface area contributed by atoms with Gasteiger partial charge in [0.05, 0.1) is 0 Å². The zero-order chi connectivity index (χ0) is 15.6. The van der Waals surface area contributed by atoms with Crippen LogP contribution in [0.3, 0.4) is 0 Å². The monoisotopic (exact) mass is 315 g/mol. The van der Waals surface area contributed by atoms with Gasteiger partial charge in [-0.25, -0.2) is 4.98 Å². The second-order valence-corrected chi connectivity index (χ2v) is 4.72. The van der Waals surface area contributed by atoms with Crippen molar-refractivity contribution in [3.8, 4) is 17.5 Å². The van der Waals surface area contributed by atoms with E-state index in [9.17, 15) is 13.2 Å². The average molecular weight is 315 g/mol. The summed E-state index contributed by atoms with van der Waals surface area (Å²) in [5.74, 6) is 0.366. The molecular weight excluding hydrogens is 303 g/mol. The summed E-state index contributed by atoms with van der Waals surface area (Å²) in [5.41, 5.74) is 0.247. The van der Waals surface area contributed by atoms with E-state index in [1.165, 1.54) is 12.1 Å². The van der Waals surface area contributed by atoms with Gasteiger partial charge in [0.15, 0.2) is 6.61 Å². The first kappa shape index (κ1) is 14.8. The number of alkyl halides is 3. The summed E-state index contributed by atoms with van der Waals surface area (Å²) in [4.78, 5) is 8.10. The Labute approximate surface area is 123 Å². The highest BCUT2D eigenvalue weighted by Gasteiger charge is 2.29. The van der Waals surface area contributed by atoms with E-state index < -0.39 is 12.8 Å². The zero-order valence-corrected chi connectivity index (χ0v) is 11.3. The number of aromatic nitrogens is 3. The molecule has 0 aliphatic carbocycles. The Morgan fingerprint density at radius 1 is 1.27 bits per heavy atom. The Kier molecular flexibility index (Phi) is 3.97. The predicted molar refractivity (Wildman–Crippen MR) is 67.0 cm³/mol. The van der Waals surface area contributed by atoms with Crippen LogP contribution in [0, 0.1) is 0 Å². The summed E-state index contributed by atoms with van der Waals surface area (Å²) < 4.78 is 51.5. The topological polar surface area (TPSA) is 70.3 Å². The quantitative estimate of drug-likeness (QED) is 0.864. The van der Waals surface area contributed by atoms with Gasteiger partial charge in [-0.15, -0.1) is 0 Å². The van der Waals surface area contributed by atoms with Crippen LogP contribution in [0.15, 0.2) is 22.7 Å². The fourth-order valence-electron chi connectivity index (χ4n) is 2.02. The average Bonchev–Trinajstić information content (AvgIpc) is 3.15. The van der Waals surface area contributed by atoms with Crippen molar-refractivity contribution in [2.45, 2.75) is 25.1 Å². The molecule has 2 aromatic heterocycles. The van der Waals surface area contributed by atoms with E-state index in [-0.39, 0.29) is 23.6 Å². The van der Waals surface area contributed by atoms with E-state index in [4.69, 9.17) is 9.26 Å². The summed E-state index contributed by atoms with van der Waals surface area (Å²) >= 11 is 0. The number of pyridine rings is 1. The molecule has 0 spiro atoms. The first-order chi connectivity index (χ1) is 10.5. The molecule has 0 amide bonds. The number of halogens is 3. The minimum atomic E-state index is -4.42. The molecule has 1 aliphatic heterocycles. The van der Waals surface area contributed by atoms with Gasteiger partial charge in [-0.05, 0) is 18.9 Å². The van der Waals surface area contributed by atoms with Crippen molar-refractivity contribution in [3.05, 3.63) is 24.0 Å². The largest absolute Gasteiger partial charge is 0.468 e. The maximum absolute atomic E-state index is 12.1. The van der Waals surface area contributed by atoms with Crippen LogP contribution in [0.2, 0.25) is 0 Å². The Balaban J connectivity index is 1.74. The lowest BCUT2D eigenvalue weighted by Gasteiger charge is -2.08. The molecule has 2 aromatic rings. The van der Waals surface area contributed by atoms with E-state index in [1.807, 2.05) is 0 Å². The third kappa shape index (κ3) is 3.53. The molecule has 9 heteroatoms. The predicted octanol–water partition coefficient (Wildman–Crippen LogP) is 2.92. The minimum absolute atomic E-state index is 0.114. The Morgan fingerprint density at radius 2 is 2.14 bits per heavy atom. The number of ether oxygens (including phenoxy) is 2. The minimum Gasteiger partial charge on any atom is -0.468 e. The van der Waals surface area contributed by atoms with Gasteiger partial charge in [0.25, 0.3) is 5.89 Å². The summed E-state index contributed by atoms with van der Waals surface area (Å²) in [5, 5.41) is 3.82. The first-order valence-electron chi connectivity index (χ1n) is 6.63. The van der Waals surface area contributed by atoms with Crippen LogP contribution >= 0.6 is 0 Å². The fraction of sp³-hybridized carbons (Fsp3) is 0.462. The number of nitrogens with zero attached hydrogens (tertiary/aromatic N) is 3. The molecule has 3 rings (SSSR count). The molecule has 0 bridgehead atoms. The van der Waals surface area contributed by atoms with E-state index in [2.05, 4.69) is 19.9 Å². The zero-order valence-electron chi connectivity index (χ0n) is 11.3. The SMILES string of the molecule is FC(F)(F)COc1cccc(-c2nc([C@H]3CCCO3)no2)n1. The van der Waals surface area contributed by atoms with Crippen LogP contribution < -0.4 is 4.74 Å². The van der Waals surface area contributed by atoms with Crippen molar-refractivity contribution in [1.82, 2.24) is 15.1 Å². The number of rotatable bonds is 4. The Bertz CT molecular complexity index is 639. The standard InChI is InChI=1S/C13H12F3N3O3/c14-13(15,16)7-21-10-5-1-3-8(17-10)12-18-11(19-22-12)9-4-2-6-20-9/h1,3,5,9H,2,4,6-7H2/t9-/m1/s1. The van der Waals surface area contributed by atoms with Gasteiger partial charge >= 0.3 is 6.18 Å². The summed E-state index contributed by atoms with van der Waals surface area (Å²) in [6.45, 7) is -0.762. The van der Waals surface area contributed by atoms with Gasteiger partial charge in [0, 0.05) is 12.7 Å². The van der Waals surface area contributed by atoms with E-state index >= 15 is 0 Å². The molecule has 1 atom stereocenters. The molecule has 118 valence electrons. The van der Waals surface area contributed by atoms with Gasteiger partial charge in [0.2, 0.25) is 11.7 Å². The van der Waals surface area contributed by atoms with Crippen molar-refractivity contribution in [1.29, 1.82) is 0 Å². The lowest BCUT2D eigenvalue weighted by molar-refractivity contribution is -0.154. The molecule has 1 saturated heterocycles. The molecule has 0 radical (unpaired) electrons. The highest BCUT2D eigenvalue weighted by molar-refractivity contribution is 5.47. The van der Waals surface area contributed by atoms with Crippen molar-refractivity contribution in [2.24, 2.45) is 0 Å². The van der Waals surface area contributed by atoms with Gasteiger partial charge in [-0.3, -0.25) is 0 Å². The third-order valence-electron chi connectivity index (χ3n) is 2.99. The molecule has 0 aromatic carbocycles. The normalized spacial score (nSPS) is 18.6. The number of hydrogen-bond donors (Lipinski definition) is 0. The third-order valence-corrected chi connectivity index (χ3v) is 2.99. The molecule has 3 heterocycles. The van der Waals surface area contributed by atoms with Crippen molar-refractivity contribution in [2.75, 3.05) is 13.2 Å². The van der Waals surface area contributed by atoms with Crippen LogP contribution in [-0.2, 0) is 4.74 Å². The van der Waals surface area contributed by atoms with Crippen LogP contribution in [0.5, 0.6) is 5.88 Å². The van der Waals surface area contributed by atoms with Crippen molar-refractivity contribution in [3.63, 3.8) is 0 Å². The summed E-state index contributed by atoms with van der Waals surface area (Å²) in [7, 11) is 0. The molecule has 0 N–H and O–H groups in total. The fourth-order valence-corrected chi connectivity index (χ4v) is 2.02.